The maximum Gasteiger partial charge on any atom is 0.238 e. The number of benzene rings is 2. The normalized spacial score (nSPS) is 11.7. The van der Waals surface area contributed by atoms with Crippen LogP contribution in [-0.2, 0) is 4.79 Å². The summed E-state index contributed by atoms with van der Waals surface area (Å²) in [5.41, 5.74) is 1.42. The van der Waals surface area contributed by atoms with Crippen LogP contribution in [0.3, 0.4) is 0 Å². The molecule has 3 aromatic rings. The van der Waals surface area contributed by atoms with E-state index in [1.807, 2.05) is 17.5 Å². The minimum atomic E-state index is -0.295. The molecule has 0 spiro atoms. The van der Waals surface area contributed by atoms with Crippen molar-refractivity contribution < 1.29 is 18.7 Å². The summed E-state index contributed by atoms with van der Waals surface area (Å²) in [6, 6.07) is 15.2. The van der Waals surface area contributed by atoms with Gasteiger partial charge in [0, 0.05) is 10.9 Å². The molecular formula is C21H21FN2O3S. The second-order valence-electron chi connectivity index (χ2n) is 6.00. The van der Waals surface area contributed by atoms with Crippen molar-refractivity contribution in [2.75, 3.05) is 26.1 Å². The van der Waals surface area contributed by atoms with Crippen LogP contribution in [-0.4, -0.2) is 26.7 Å². The summed E-state index contributed by atoms with van der Waals surface area (Å²) in [6.45, 7) is 0.0697. The zero-order chi connectivity index (χ0) is 19.9. The zero-order valence-corrected chi connectivity index (χ0v) is 16.4. The topological polar surface area (TPSA) is 59.6 Å². The molecule has 0 saturated carbocycles. The largest absolute Gasteiger partial charge is 0.497 e. The van der Waals surface area contributed by atoms with Gasteiger partial charge in [0.15, 0.2) is 0 Å². The van der Waals surface area contributed by atoms with Crippen molar-refractivity contribution >= 4 is 22.9 Å². The lowest BCUT2D eigenvalue weighted by Gasteiger charge is -2.18. The molecule has 0 bridgehead atoms. The highest BCUT2D eigenvalue weighted by Crippen LogP contribution is 2.29. The van der Waals surface area contributed by atoms with Crippen LogP contribution in [0.4, 0.5) is 10.1 Å². The molecule has 1 heterocycles. The Hall–Kier alpha value is -2.90. The molecule has 0 saturated heterocycles. The first-order valence-electron chi connectivity index (χ1n) is 8.65. The molecule has 0 fully saturated rings. The second-order valence-corrected chi connectivity index (χ2v) is 6.97. The quantitative estimate of drug-likeness (QED) is 0.594. The SMILES string of the molecule is COc1ccc(OC)c(NC(=O)CN[C@H](c2ccc(F)cc2)c2cccs2)c1. The molecule has 1 aromatic heterocycles. The Labute approximate surface area is 167 Å². The molecule has 0 aliphatic rings. The molecular weight excluding hydrogens is 379 g/mol. The van der Waals surface area contributed by atoms with Crippen molar-refractivity contribution in [2.45, 2.75) is 6.04 Å². The number of rotatable bonds is 8. The number of methoxy groups -OCH3 is 2. The lowest BCUT2D eigenvalue weighted by molar-refractivity contribution is -0.115. The van der Waals surface area contributed by atoms with Crippen LogP contribution in [0.25, 0.3) is 0 Å². The van der Waals surface area contributed by atoms with E-state index in [4.69, 9.17) is 9.47 Å². The van der Waals surface area contributed by atoms with Crippen LogP contribution in [0, 0.1) is 5.82 Å². The van der Waals surface area contributed by atoms with Crippen molar-refractivity contribution in [1.82, 2.24) is 5.32 Å². The fourth-order valence-corrected chi connectivity index (χ4v) is 3.62. The van der Waals surface area contributed by atoms with Crippen LogP contribution >= 0.6 is 11.3 Å². The second kappa shape index (κ2) is 9.34. The third kappa shape index (κ3) is 4.88. The summed E-state index contributed by atoms with van der Waals surface area (Å²) in [5.74, 6) is 0.640. The van der Waals surface area contributed by atoms with Crippen molar-refractivity contribution in [1.29, 1.82) is 0 Å². The van der Waals surface area contributed by atoms with Gasteiger partial charge in [-0.05, 0) is 41.3 Å². The highest BCUT2D eigenvalue weighted by molar-refractivity contribution is 7.10. The summed E-state index contributed by atoms with van der Waals surface area (Å²) in [5, 5.41) is 8.05. The standard InChI is InChI=1S/C21H21FN2O3S/c1-26-16-9-10-18(27-2)17(12-16)24-20(25)13-23-21(19-4-3-11-28-19)14-5-7-15(22)8-6-14/h3-12,21,23H,13H2,1-2H3,(H,24,25)/t21-/m1/s1. The predicted octanol–water partition coefficient (Wildman–Crippen LogP) is 4.22. The number of halogens is 1. The van der Waals surface area contributed by atoms with E-state index in [2.05, 4.69) is 10.6 Å². The van der Waals surface area contributed by atoms with Crippen LogP contribution in [0.1, 0.15) is 16.5 Å². The molecule has 0 radical (unpaired) electrons. The van der Waals surface area contributed by atoms with Gasteiger partial charge in [-0.15, -0.1) is 11.3 Å². The van der Waals surface area contributed by atoms with Gasteiger partial charge in [-0.2, -0.15) is 0 Å². The van der Waals surface area contributed by atoms with Gasteiger partial charge in [-0.1, -0.05) is 18.2 Å². The van der Waals surface area contributed by atoms with Crippen molar-refractivity contribution in [2.24, 2.45) is 0 Å². The summed E-state index contributed by atoms with van der Waals surface area (Å²) in [6.07, 6.45) is 0. The van der Waals surface area contributed by atoms with E-state index in [0.29, 0.717) is 17.2 Å². The predicted molar refractivity (Wildman–Crippen MR) is 109 cm³/mol. The number of hydrogen-bond acceptors (Lipinski definition) is 5. The third-order valence-corrected chi connectivity index (χ3v) is 5.12. The molecule has 2 N–H and O–H groups in total. The lowest BCUT2D eigenvalue weighted by atomic mass is 10.1. The highest BCUT2D eigenvalue weighted by atomic mass is 32.1. The van der Waals surface area contributed by atoms with Crippen LogP contribution < -0.4 is 20.1 Å². The molecule has 7 heteroatoms. The van der Waals surface area contributed by atoms with E-state index in [1.165, 1.54) is 19.2 Å². The van der Waals surface area contributed by atoms with Crippen LogP contribution in [0.2, 0.25) is 0 Å². The summed E-state index contributed by atoms with van der Waals surface area (Å²) in [7, 11) is 3.10. The van der Waals surface area contributed by atoms with Gasteiger partial charge in [0.05, 0.1) is 32.5 Å². The van der Waals surface area contributed by atoms with Gasteiger partial charge in [0.1, 0.15) is 17.3 Å². The van der Waals surface area contributed by atoms with Crippen molar-refractivity contribution in [3.05, 3.63) is 76.2 Å². The molecule has 5 nitrogen and oxygen atoms in total. The molecule has 0 aliphatic carbocycles. The Bertz CT molecular complexity index is 914. The molecule has 3 rings (SSSR count). The maximum absolute atomic E-state index is 13.3. The number of ether oxygens (including phenoxy) is 2. The van der Waals surface area contributed by atoms with E-state index in [0.717, 1.165) is 10.4 Å². The van der Waals surface area contributed by atoms with Gasteiger partial charge in [0.2, 0.25) is 5.91 Å². The number of anilines is 1. The minimum Gasteiger partial charge on any atom is -0.497 e. The van der Waals surface area contributed by atoms with E-state index in [-0.39, 0.29) is 24.3 Å². The molecule has 28 heavy (non-hydrogen) atoms. The van der Waals surface area contributed by atoms with Gasteiger partial charge >= 0.3 is 0 Å². The minimum absolute atomic E-state index is 0.0697. The number of carbonyl (C=O) groups is 1. The summed E-state index contributed by atoms with van der Waals surface area (Å²) >= 11 is 1.57. The Morgan fingerprint density at radius 2 is 1.89 bits per heavy atom. The van der Waals surface area contributed by atoms with Gasteiger partial charge in [-0.3, -0.25) is 10.1 Å². The van der Waals surface area contributed by atoms with E-state index in [1.54, 1.807) is 48.8 Å². The van der Waals surface area contributed by atoms with Gasteiger partial charge in [-0.25, -0.2) is 4.39 Å². The van der Waals surface area contributed by atoms with E-state index >= 15 is 0 Å². The Kier molecular flexibility index (Phi) is 6.62. The number of carbonyl (C=O) groups excluding carboxylic acids is 1. The number of thiophene rings is 1. The average molecular weight is 400 g/mol. The number of hydrogen-bond donors (Lipinski definition) is 2. The molecule has 0 unspecified atom stereocenters. The van der Waals surface area contributed by atoms with Gasteiger partial charge < -0.3 is 14.8 Å². The molecule has 2 aromatic carbocycles. The fourth-order valence-electron chi connectivity index (χ4n) is 2.79. The fraction of sp³-hybridized carbons (Fsp3) is 0.190. The lowest BCUT2D eigenvalue weighted by Crippen LogP contribution is -2.31. The first-order chi connectivity index (χ1) is 13.6. The first kappa shape index (κ1) is 19.9. The highest BCUT2D eigenvalue weighted by Gasteiger charge is 2.17. The summed E-state index contributed by atoms with van der Waals surface area (Å²) in [4.78, 5) is 13.6. The number of amides is 1. The first-order valence-corrected chi connectivity index (χ1v) is 9.53. The maximum atomic E-state index is 13.3. The Balaban J connectivity index is 1.71. The van der Waals surface area contributed by atoms with Crippen molar-refractivity contribution in [3.63, 3.8) is 0 Å². The molecule has 146 valence electrons. The Morgan fingerprint density at radius 3 is 2.54 bits per heavy atom. The molecule has 0 aliphatic heterocycles. The van der Waals surface area contributed by atoms with Crippen LogP contribution in [0.5, 0.6) is 11.5 Å². The van der Waals surface area contributed by atoms with Crippen LogP contribution in [0.15, 0.2) is 60.0 Å². The molecule has 1 amide bonds. The van der Waals surface area contributed by atoms with Crippen molar-refractivity contribution in [3.8, 4) is 11.5 Å². The van der Waals surface area contributed by atoms with E-state index < -0.39 is 0 Å². The molecule has 1 atom stereocenters. The smallest absolute Gasteiger partial charge is 0.238 e. The number of nitrogens with one attached hydrogen (secondary N) is 2. The Morgan fingerprint density at radius 1 is 1.11 bits per heavy atom. The average Bonchev–Trinajstić information content (AvgIpc) is 3.24. The van der Waals surface area contributed by atoms with E-state index in [9.17, 15) is 9.18 Å². The third-order valence-electron chi connectivity index (χ3n) is 4.18. The zero-order valence-electron chi connectivity index (χ0n) is 15.6. The summed E-state index contributed by atoms with van der Waals surface area (Å²) < 4.78 is 23.8. The van der Waals surface area contributed by atoms with Gasteiger partial charge in [0.25, 0.3) is 0 Å². The monoisotopic (exact) mass is 400 g/mol.